The molecule has 0 saturated carbocycles. The molecule has 1 rings (SSSR count). The van der Waals surface area contributed by atoms with Gasteiger partial charge in [-0.2, -0.15) is 0 Å². The van der Waals surface area contributed by atoms with Crippen LogP contribution in [0.5, 0.6) is 0 Å². The molecule has 0 heterocycles. The largest absolute Gasteiger partial charge is 0.462 e. The van der Waals surface area contributed by atoms with E-state index in [1.807, 2.05) is 13.8 Å². The van der Waals surface area contributed by atoms with Crippen molar-refractivity contribution in [3.05, 3.63) is 35.4 Å². The molecule has 0 fully saturated rings. The molecule has 0 saturated heterocycles. The van der Waals surface area contributed by atoms with Crippen LogP contribution in [0, 0.1) is 0 Å². The van der Waals surface area contributed by atoms with Gasteiger partial charge in [0.1, 0.15) is 0 Å². The van der Waals surface area contributed by atoms with E-state index < -0.39 is 11.9 Å². The van der Waals surface area contributed by atoms with Crippen molar-refractivity contribution in [1.29, 1.82) is 0 Å². The van der Waals surface area contributed by atoms with Crippen LogP contribution < -0.4 is 0 Å². The molecular formula is C18H28O5. The minimum atomic E-state index is -0.471. The van der Waals surface area contributed by atoms with Gasteiger partial charge < -0.3 is 14.2 Å². The number of esters is 2. The van der Waals surface area contributed by atoms with E-state index in [0.29, 0.717) is 13.2 Å². The Kier molecular flexibility index (Phi) is 12.6. The maximum absolute atomic E-state index is 11.9. The Bertz CT molecular complexity index is 415. The quantitative estimate of drug-likeness (QED) is 0.537. The summed E-state index contributed by atoms with van der Waals surface area (Å²) in [5.74, 6) is -0.942. The van der Waals surface area contributed by atoms with Crippen LogP contribution >= 0.6 is 0 Å². The molecule has 0 bridgehead atoms. The Hall–Kier alpha value is -1.88. The van der Waals surface area contributed by atoms with E-state index in [9.17, 15) is 9.59 Å². The molecule has 0 spiro atoms. The predicted octanol–water partition coefficient (Wildman–Crippen LogP) is 3.86. The van der Waals surface area contributed by atoms with Crippen molar-refractivity contribution in [2.45, 2.75) is 39.5 Å². The summed E-state index contributed by atoms with van der Waals surface area (Å²) in [6, 6.07) is 6.59. The topological polar surface area (TPSA) is 61.8 Å². The van der Waals surface area contributed by atoms with Crippen LogP contribution in [-0.4, -0.2) is 39.4 Å². The van der Waals surface area contributed by atoms with Gasteiger partial charge in [-0.05, 0) is 25.0 Å². The average molecular weight is 324 g/mol. The second kappa shape index (κ2) is 13.8. The van der Waals surface area contributed by atoms with E-state index in [0.717, 1.165) is 25.7 Å². The van der Waals surface area contributed by atoms with Gasteiger partial charge in [0.05, 0.1) is 24.3 Å². The lowest BCUT2D eigenvalue weighted by molar-refractivity contribution is 0.0452. The predicted molar refractivity (Wildman–Crippen MR) is 89.8 cm³/mol. The molecule has 5 nitrogen and oxygen atoms in total. The van der Waals surface area contributed by atoms with Gasteiger partial charge in [0.2, 0.25) is 0 Å². The molecule has 0 aliphatic heterocycles. The highest BCUT2D eigenvalue weighted by atomic mass is 16.5. The normalized spacial score (nSPS) is 9.57. The first-order chi connectivity index (χ1) is 11.1. The summed E-state index contributed by atoms with van der Waals surface area (Å²) in [4.78, 5) is 23.9. The number of methoxy groups -OCH3 is 1. The van der Waals surface area contributed by atoms with Gasteiger partial charge >= 0.3 is 11.9 Å². The van der Waals surface area contributed by atoms with E-state index in [2.05, 4.69) is 4.74 Å². The smallest absolute Gasteiger partial charge is 0.339 e. The summed E-state index contributed by atoms with van der Waals surface area (Å²) in [5.41, 5.74) is 0.537. The average Bonchev–Trinajstić information content (AvgIpc) is 2.56. The number of carbonyl (C=O) groups is 2. The Morgan fingerprint density at radius 3 is 1.48 bits per heavy atom. The van der Waals surface area contributed by atoms with Crippen LogP contribution in [0.15, 0.2) is 24.3 Å². The number of ether oxygens (including phenoxy) is 3. The van der Waals surface area contributed by atoms with Crippen molar-refractivity contribution in [2.24, 2.45) is 0 Å². The fourth-order valence-corrected chi connectivity index (χ4v) is 1.61. The summed E-state index contributed by atoms with van der Waals surface area (Å²) in [7, 11) is 3.25. The molecule has 0 aliphatic rings. The number of rotatable bonds is 8. The summed E-state index contributed by atoms with van der Waals surface area (Å²) < 4.78 is 14.5. The first-order valence-corrected chi connectivity index (χ1v) is 7.95. The van der Waals surface area contributed by atoms with Crippen molar-refractivity contribution in [2.75, 3.05) is 27.4 Å². The molecule has 23 heavy (non-hydrogen) atoms. The van der Waals surface area contributed by atoms with Gasteiger partial charge in [-0.25, -0.2) is 9.59 Å². The van der Waals surface area contributed by atoms with Crippen molar-refractivity contribution in [3.63, 3.8) is 0 Å². The van der Waals surface area contributed by atoms with Crippen LogP contribution in [0.4, 0.5) is 0 Å². The third kappa shape index (κ3) is 8.98. The highest BCUT2D eigenvalue weighted by Crippen LogP contribution is 2.12. The second-order valence-electron chi connectivity index (χ2n) is 4.93. The van der Waals surface area contributed by atoms with Gasteiger partial charge in [-0.1, -0.05) is 38.8 Å². The van der Waals surface area contributed by atoms with Gasteiger partial charge in [0, 0.05) is 14.2 Å². The number of unbranched alkanes of at least 4 members (excludes halogenated alkanes) is 2. The van der Waals surface area contributed by atoms with E-state index >= 15 is 0 Å². The van der Waals surface area contributed by atoms with Crippen LogP contribution in [-0.2, 0) is 14.2 Å². The number of hydrogen-bond donors (Lipinski definition) is 0. The molecule has 1 aromatic rings. The zero-order valence-electron chi connectivity index (χ0n) is 14.6. The van der Waals surface area contributed by atoms with Crippen LogP contribution in [0.25, 0.3) is 0 Å². The zero-order chi connectivity index (χ0) is 17.5. The first-order valence-electron chi connectivity index (χ1n) is 7.95. The van der Waals surface area contributed by atoms with E-state index in [1.54, 1.807) is 38.5 Å². The van der Waals surface area contributed by atoms with Gasteiger partial charge in [0.15, 0.2) is 0 Å². The van der Waals surface area contributed by atoms with Gasteiger partial charge in [-0.3, -0.25) is 0 Å². The fourth-order valence-electron chi connectivity index (χ4n) is 1.61. The molecule has 130 valence electrons. The zero-order valence-corrected chi connectivity index (χ0v) is 14.6. The van der Waals surface area contributed by atoms with Gasteiger partial charge in [0.25, 0.3) is 0 Å². The van der Waals surface area contributed by atoms with Gasteiger partial charge in [-0.15, -0.1) is 0 Å². The van der Waals surface area contributed by atoms with Crippen LogP contribution in [0.3, 0.4) is 0 Å². The Morgan fingerprint density at radius 1 is 0.826 bits per heavy atom. The van der Waals surface area contributed by atoms with Crippen molar-refractivity contribution in [3.8, 4) is 0 Å². The van der Waals surface area contributed by atoms with Crippen LogP contribution in [0.1, 0.15) is 60.2 Å². The number of hydrogen-bond acceptors (Lipinski definition) is 5. The molecular weight excluding hydrogens is 296 g/mol. The molecule has 0 amide bonds. The number of benzene rings is 1. The maximum Gasteiger partial charge on any atom is 0.339 e. The summed E-state index contributed by atoms with van der Waals surface area (Å²) >= 11 is 0. The van der Waals surface area contributed by atoms with Crippen molar-refractivity contribution < 1.29 is 23.8 Å². The highest BCUT2D eigenvalue weighted by Gasteiger charge is 2.18. The molecule has 0 radical (unpaired) electrons. The molecule has 1 aromatic carbocycles. The first kappa shape index (κ1) is 21.1. The van der Waals surface area contributed by atoms with Crippen LogP contribution in [0.2, 0.25) is 0 Å². The lowest BCUT2D eigenvalue weighted by Crippen LogP contribution is -2.14. The molecule has 0 aliphatic carbocycles. The SMILES string of the molecule is CCCCOC(=O)c1ccccc1C(=O)OCCCC.COC. The van der Waals surface area contributed by atoms with E-state index in [4.69, 9.17) is 9.47 Å². The standard InChI is InChI=1S/C16H22O4.C2H6O/c1-3-5-11-19-15(17)13-9-7-8-10-14(13)16(18)20-12-6-4-2;1-3-2/h7-10H,3-6,11-12H2,1-2H3;1-2H3. The molecule has 0 unspecified atom stereocenters. The minimum absolute atomic E-state index is 0.269. The van der Waals surface area contributed by atoms with E-state index in [-0.39, 0.29) is 11.1 Å². The lowest BCUT2D eigenvalue weighted by atomic mass is 10.1. The third-order valence-electron chi connectivity index (χ3n) is 2.83. The lowest BCUT2D eigenvalue weighted by Gasteiger charge is -2.09. The molecule has 0 N–H and O–H groups in total. The fraction of sp³-hybridized carbons (Fsp3) is 0.556. The molecule has 5 heteroatoms. The summed E-state index contributed by atoms with van der Waals surface area (Å²) in [6.45, 7) is 4.78. The molecule has 0 atom stereocenters. The Morgan fingerprint density at radius 2 is 1.17 bits per heavy atom. The third-order valence-corrected chi connectivity index (χ3v) is 2.83. The minimum Gasteiger partial charge on any atom is -0.462 e. The molecule has 0 aromatic heterocycles. The Balaban J connectivity index is 0.00000149. The van der Waals surface area contributed by atoms with E-state index in [1.165, 1.54) is 0 Å². The summed E-state index contributed by atoms with van der Waals surface area (Å²) in [6.07, 6.45) is 3.53. The van der Waals surface area contributed by atoms with Crippen molar-refractivity contribution in [1.82, 2.24) is 0 Å². The monoisotopic (exact) mass is 324 g/mol. The highest BCUT2D eigenvalue weighted by molar-refractivity contribution is 6.03. The Labute approximate surface area is 138 Å². The van der Waals surface area contributed by atoms with Crippen molar-refractivity contribution >= 4 is 11.9 Å². The summed E-state index contributed by atoms with van der Waals surface area (Å²) in [5, 5.41) is 0. The number of carbonyl (C=O) groups excluding carboxylic acids is 2. The second-order valence-corrected chi connectivity index (χ2v) is 4.93. The maximum atomic E-state index is 11.9.